The molecule has 112 valence electrons. The molecule has 1 fully saturated rings. The summed E-state index contributed by atoms with van der Waals surface area (Å²) < 4.78 is 8.24. The lowest BCUT2D eigenvalue weighted by atomic mass is 9.98. The van der Waals surface area contributed by atoms with E-state index in [1.165, 1.54) is 19.3 Å². The van der Waals surface area contributed by atoms with E-state index in [2.05, 4.69) is 32.2 Å². The average molecular weight is 294 g/mol. The normalized spacial score (nSPS) is 24.2. The molecule has 2 aliphatic rings. The standard InChI is InChI=1S/C17H18N4O/c1-2-7-14-11(4-1)8-15(22-14)17-20-19-16-9-12-5-3-6-13(18-12)10-21(16)17/h1-2,4,7-8,12-13,18H,3,5-6,9-10H2. The zero-order valence-corrected chi connectivity index (χ0v) is 12.3. The van der Waals surface area contributed by atoms with E-state index in [0.717, 1.165) is 41.3 Å². The zero-order chi connectivity index (χ0) is 14.5. The average Bonchev–Trinajstić information content (AvgIpc) is 3.09. The van der Waals surface area contributed by atoms with Gasteiger partial charge in [-0.1, -0.05) is 24.6 Å². The number of aromatic nitrogens is 3. The van der Waals surface area contributed by atoms with Gasteiger partial charge in [0, 0.05) is 30.4 Å². The maximum atomic E-state index is 5.99. The molecule has 5 heteroatoms. The minimum atomic E-state index is 0.527. The molecule has 0 aliphatic carbocycles. The molecule has 5 rings (SSSR count). The SMILES string of the molecule is c1ccc2oc(-c3nnc4n3CC3CCCC(C4)N3)cc2c1. The van der Waals surface area contributed by atoms with Gasteiger partial charge >= 0.3 is 0 Å². The molecule has 2 bridgehead atoms. The van der Waals surface area contributed by atoms with Gasteiger partial charge in [-0.25, -0.2) is 0 Å². The predicted molar refractivity (Wildman–Crippen MR) is 83.5 cm³/mol. The first-order valence-corrected chi connectivity index (χ1v) is 8.04. The summed E-state index contributed by atoms with van der Waals surface area (Å²) in [5.74, 6) is 2.76. The number of fused-ring (bicyclic) bond motifs is 4. The number of piperidine rings is 1. The van der Waals surface area contributed by atoms with Crippen molar-refractivity contribution in [3.05, 3.63) is 36.2 Å². The molecule has 5 nitrogen and oxygen atoms in total. The van der Waals surface area contributed by atoms with Gasteiger partial charge in [0.1, 0.15) is 11.4 Å². The number of hydrogen-bond acceptors (Lipinski definition) is 4. The van der Waals surface area contributed by atoms with E-state index in [-0.39, 0.29) is 0 Å². The number of benzene rings is 1. The molecule has 0 saturated carbocycles. The molecular formula is C17H18N4O. The first-order chi connectivity index (χ1) is 10.9. The second kappa shape index (κ2) is 4.68. The fourth-order valence-corrected chi connectivity index (χ4v) is 3.81. The van der Waals surface area contributed by atoms with Gasteiger partial charge in [-0.05, 0) is 25.0 Å². The van der Waals surface area contributed by atoms with Crippen LogP contribution in [-0.4, -0.2) is 26.8 Å². The van der Waals surface area contributed by atoms with E-state index in [1.54, 1.807) is 0 Å². The van der Waals surface area contributed by atoms with Gasteiger partial charge in [0.05, 0.1) is 0 Å². The molecule has 2 atom stereocenters. The Bertz CT molecular complexity index is 801. The summed E-state index contributed by atoms with van der Waals surface area (Å²) in [6.45, 7) is 0.936. The first kappa shape index (κ1) is 12.4. The number of para-hydroxylation sites is 1. The third-order valence-electron chi connectivity index (χ3n) is 4.88. The molecule has 1 N–H and O–H groups in total. The Kier molecular flexibility index (Phi) is 2.64. The molecule has 0 amide bonds. The Balaban J connectivity index is 1.61. The fraction of sp³-hybridized carbons (Fsp3) is 0.412. The Labute approximate surface area is 128 Å². The van der Waals surface area contributed by atoms with Crippen molar-refractivity contribution >= 4 is 11.0 Å². The lowest BCUT2D eigenvalue weighted by molar-refractivity contribution is 0.314. The Morgan fingerprint density at radius 3 is 3.00 bits per heavy atom. The van der Waals surface area contributed by atoms with Gasteiger partial charge in [0.25, 0.3) is 0 Å². The molecule has 0 radical (unpaired) electrons. The van der Waals surface area contributed by atoms with Crippen molar-refractivity contribution in [2.75, 3.05) is 0 Å². The number of rotatable bonds is 1. The molecule has 22 heavy (non-hydrogen) atoms. The van der Waals surface area contributed by atoms with Crippen LogP contribution in [0.25, 0.3) is 22.6 Å². The number of hydrogen-bond donors (Lipinski definition) is 1. The molecular weight excluding hydrogens is 276 g/mol. The van der Waals surface area contributed by atoms with Crippen LogP contribution in [0, 0.1) is 0 Å². The highest BCUT2D eigenvalue weighted by atomic mass is 16.3. The van der Waals surface area contributed by atoms with Gasteiger partial charge in [-0.2, -0.15) is 0 Å². The Morgan fingerprint density at radius 2 is 2.05 bits per heavy atom. The third kappa shape index (κ3) is 1.89. The third-order valence-corrected chi connectivity index (χ3v) is 4.88. The second-order valence-electron chi connectivity index (χ2n) is 6.39. The Morgan fingerprint density at radius 1 is 1.14 bits per heavy atom. The molecule has 1 saturated heterocycles. The van der Waals surface area contributed by atoms with Crippen LogP contribution in [0.5, 0.6) is 0 Å². The summed E-state index contributed by atoms with van der Waals surface area (Å²) in [4.78, 5) is 0. The largest absolute Gasteiger partial charge is 0.453 e. The van der Waals surface area contributed by atoms with Crippen molar-refractivity contribution in [1.82, 2.24) is 20.1 Å². The van der Waals surface area contributed by atoms with Gasteiger partial charge in [0.2, 0.25) is 0 Å². The van der Waals surface area contributed by atoms with E-state index in [0.29, 0.717) is 12.1 Å². The lowest BCUT2D eigenvalue weighted by Gasteiger charge is -2.27. The predicted octanol–water partition coefficient (Wildman–Crippen LogP) is 2.76. The van der Waals surface area contributed by atoms with Gasteiger partial charge < -0.3 is 14.3 Å². The van der Waals surface area contributed by atoms with Crippen molar-refractivity contribution in [2.24, 2.45) is 0 Å². The van der Waals surface area contributed by atoms with Crippen LogP contribution in [0.3, 0.4) is 0 Å². The zero-order valence-electron chi connectivity index (χ0n) is 12.3. The van der Waals surface area contributed by atoms with Crippen LogP contribution in [-0.2, 0) is 13.0 Å². The molecule has 1 aromatic carbocycles. The summed E-state index contributed by atoms with van der Waals surface area (Å²) in [5.41, 5.74) is 0.903. The van der Waals surface area contributed by atoms with E-state index in [1.807, 2.05) is 18.2 Å². The summed E-state index contributed by atoms with van der Waals surface area (Å²) in [6, 6.07) is 11.2. The van der Waals surface area contributed by atoms with Crippen molar-refractivity contribution in [1.29, 1.82) is 0 Å². The van der Waals surface area contributed by atoms with Crippen molar-refractivity contribution in [2.45, 2.75) is 44.3 Å². The lowest BCUT2D eigenvalue weighted by Crippen LogP contribution is -2.43. The highest BCUT2D eigenvalue weighted by Crippen LogP contribution is 2.29. The van der Waals surface area contributed by atoms with Gasteiger partial charge in [-0.3, -0.25) is 0 Å². The first-order valence-electron chi connectivity index (χ1n) is 8.04. The smallest absolute Gasteiger partial charge is 0.199 e. The fourth-order valence-electron chi connectivity index (χ4n) is 3.81. The summed E-state index contributed by atoms with van der Waals surface area (Å²) in [6.07, 6.45) is 4.74. The molecule has 2 aliphatic heterocycles. The van der Waals surface area contributed by atoms with Crippen LogP contribution >= 0.6 is 0 Å². The van der Waals surface area contributed by atoms with Crippen LogP contribution < -0.4 is 5.32 Å². The monoisotopic (exact) mass is 294 g/mol. The van der Waals surface area contributed by atoms with Crippen molar-refractivity contribution < 1.29 is 4.42 Å². The van der Waals surface area contributed by atoms with E-state index in [4.69, 9.17) is 4.42 Å². The highest BCUT2D eigenvalue weighted by molar-refractivity contribution is 5.81. The minimum Gasteiger partial charge on any atom is -0.453 e. The quantitative estimate of drug-likeness (QED) is 0.750. The van der Waals surface area contributed by atoms with Crippen LogP contribution in [0.15, 0.2) is 34.7 Å². The summed E-state index contributed by atoms with van der Waals surface area (Å²) in [5, 5.41) is 13.7. The molecule has 4 heterocycles. The van der Waals surface area contributed by atoms with Crippen LogP contribution in [0.4, 0.5) is 0 Å². The summed E-state index contributed by atoms with van der Waals surface area (Å²) in [7, 11) is 0. The van der Waals surface area contributed by atoms with Gasteiger partial charge in [-0.15, -0.1) is 10.2 Å². The molecule has 2 unspecified atom stereocenters. The van der Waals surface area contributed by atoms with Crippen molar-refractivity contribution in [3.8, 4) is 11.6 Å². The van der Waals surface area contributed by atoms with Crippen molar-refractivity contribution in [3.63, 3.8) is 0 Å². The summed E-state index contributed by atoms with van der Waals surface area (Å²) >= 11 is 0. The highest BCUT2D eigenvalue weighted by Gasteiger charge is 2.29. The number of nitrogens with one attached hydrogen (secondary N) is 1. The maximum Gasteiger partial charge on any atom is 0.199 e. The number of nitrogens with zero attached hydrogens (tertiary/aromatic N) is 3. The molecule has 3 aromatic rings. The molecule has 2 aromatic heterocycles. The van der Waals surface area contributed by atoms with E-state index < -0.39 is 0 Å². The van der Waals surface area contributed by atoms with E-state index >= 15 is 0 Å². The van der Waals surface area contributed by atoms with Gasteiger partial charge in [0.15, 0.2) is 11.6 Å². The Hall–Kier alpha value is -2.14. The minimum absolute atomic E-state index is 0.527. The number of furan rings is 1. The van der Waals surface area contributed by atoms with E-state index in [9.17, 15) is 0 Å². The second-order valence-corrected chi connectivity index (χ2v) is 6.39. The topological polar surface area (TPSA) is 55.9 Å². The molecule has 0 spiro atoms. The maximum absolute atomic E-state index is 5.99. The van der Waals surface area contributed by atoms with Crippen LogP contribution in [0.2, 0.25) is 0 Å². The van der Waals surface area contributed by atoms with Crippen LogP contribution in [0.1, 0.15) is 25.1 Å².